The van der Waals surface area contributed by atoms with Gasteiger partial charge in [-0.3, -0.25) is 9.59 Å². The van der Waals surface area contributed by atoms with Crippen LogP contribution in [0, 0.1) is 19.8 Å². The lowest BCUT2D eigenvalue weighted by molar-refractivity contribution is -0.121. The zero-order valence-electron chi connectivity index (χ0n) is 16.6. The average Bonchev–Trinajstić information content (AvgIpc) is 3.38. The standard InChI is InChI=1S/C22H24N4O3/c1-15-20(16(2)26(24-15)18-9-4-3-5-10-18)23-21(27)17-8-6-12-25(14-17)22(28)19-11-7-13-29-19/h3-5,7,9-11,13,17H,6,8,12,14H2,1-2H3,(H,23,27)/t17-/m1/s1. The Bertz CT molecular complexity index is 1010. The average molecular weight is 392 g/mol. The Morgan fingerprint density at radius 1 is 1.14 bits per heavy atom. The Morgan fingerprint density at radius 2 is 1.93 bits per heavy atom. The van der Waals surface area contributed by atoms with Crippen molar-refractivity contribution in [3.63, 3.8) is 0 Å². The van der Waals surface area contributed by atoms with E-state index in [2.05, 4.69) is 10.4 Å². The minimum absolute atomic E-state index is 0.0826. The van der Waals surface area contributed by atoms with E-state index in [1.807, 2.05) is 48.9 Å². The monoisotopic (exact) mass is 392 g/mol. The molecule has 0 saturated carbocycles. The third kappa shape index (κ3) is 3.81. The predicted molar refractivity (Wildman–Crippen MR) is 109 cm³/mol. The fourth-order valence-corrected chi connectivity index (χ4v) is 3.80. The Labute approximate surface area is 169 Å². The molecule has 4 rings (SSSR count). The summed E-state index contributed by atoms with van der Waals surface area (Å²) in [5, 5.41) is 7.63. The van der Waals surface area contributed by atoms with E-state index in [-0.39, 0.29) is 17.7 Å². The van der Waals surface area contributed by atoms with E-state index in [1.54, 1.807) is 17.0 Å². The first-order valence-electron chi connectivity index (χ1n) is 9.80. The molecule has 150 valence electrons. The topological polar surface area (TPSA) is 80.4 Å². The van der Waals surface area contributed by atoms with E-state index < -0.39 is 0 Å². The number of amides is 2. The molecule has 2 aromatic heterocycles. The van der Waals surface area contributed by atoms with Crippen LogP contribution >= 0.6 is 0 Å². The lowest BCUT2D eigenvalue weighted by Crippen LogP contribution is -2.43. The first kappa shape index (κ1) is 19.0. The molecular weight excluding hydrogens is 368 g/mol. The highest BCUT2D eigenvalue weighted by atomic mass is 16.3. The number of carbonyl (C=O) groups excluding carboxylic acids is 2. The maximum absolute atomic E-state index is 13.0. The first-order valence-corrected chi connectivity index (χ1v) is 9.80. The summed E-state index contributed by atoms with van der Waals surface area (Å²) in [6.07, 6.45) is 3.02. The summed E-state index contributed by atoms with van der Waals surface area (Å²) in [7, 11) is 0. The lowest BCUT2D eigenvalue weighted by atomic mass is 9.96. The second-order valence-corrected chi connectivity index (χ2v) is 7.35. The van der Waals surface area contributed by atoms with Crippen molar-refractivity contribution in [3.8, 4) is 5.69 Å². The molecule has 1 saturated heterocycles. The number of para-hydroxylation sites is 1. The van der Waals surface area contributed by atoms with Gasteiger partial charge in [0, 0.05) is 13.1 Å². The molecule has 3 aromatic rings. The molecule has 1 N–H and O–H groups in total. The number of carbonyl (C=O) groups is 2. The number of likely N-dealkylation sites (tertiary alicyclic amines) is 1. The van der Waals surface area contributed by atoms with Gasteiger partial charge in [0.05, 0.1) is 34.9 Å². The number of nitrogens with zero attached hydrogens (tertiary/aromatic N) is 3. The van der Waals surface area contributed by atoms with Gasteiger partial charge in [-0.25, -0.2) is 4.68 Å². The summed E-state index contributed by atoms with van der Waals surface area (Å²) in [6, 6.07) is 13.2. The van der Waals surface area contributed by atoms with E-state index in [9.17, 15) is 9.59 Å². The molecule has 1 aliphatic rings. The Kier molecular flexibility index (Phi) is 5.20. The second-order valence-electron chi connectivity index (χ2n) is 7.35. The number of piperidine rings is 1. The molecule has 0 bridgehead atoms. The largest absolute Gasteiger partial charge is 0.459 e. The highest BCUT2D eigenvalue weighted by Gasteiger charge is 2.30. The number of rotatable bonds is 4. The van der Waals surface area contributed by atoms with Crippen molar-refractivity contribution < 1.29 is 14.0 Å². The summed E-state index contributed by atoms with van der Waals surface area (Å²) in [4.78, 5) is 27.2. The highest BCUT2D eigenvalue weighted by Crippen LogP contribution is 2.25. The van der Waals surface area contributed by atoms with E-state index in [1.165, 1.54) is 6.26 Å². The van der Waals surface area contributed by atoms with Gasteiger partial charge >= 0.3 is 0 Å². The third-order valence-electron chi connectivity index (χ3n) is 5.35. The zero-order chi connectivity index (χ0) is 20.4. The molecule has 3 heterocycles. The quantitative estimate of drug-likeness (QED) is 0.736. The van der Waals surface area contributed by atoms with Gasteiger partial charge in [-0.1, -0.05) is 18.2 Å². The molecule has 1 aliphatic heterocycles. The van der Waals surface area contributed by atoms with Crippen LogP contribution in [-0.2, 0) is 4.79 Å². The van der Waals surface area contributed by atoms with Gasteiger partial charge in [-0.05, 0) is 51.0 Å². The Balaban J connectivity index is 1.48. The maximum Gasteiger partial charge on any atom is 0.289 e. The number of benzene rings is 1. The minimum Gasteiger partial charge on any atom is -0.459 e. The van der Waals surface area contributed by atoms with Crippen molar-refractivity contribution in [3.05, 3.63) is 65.9 Å². The van der Waals surface area contributed by atoms with Crippen molar-refractivity contribution in [2.75, 3.05) is 18.4 Å². The maximum atomic E-state index is 13.0. The molecule has 0 spiro atoms. The zero-order valence-corrected chi connectivity index (χ0v) is 16.6. The van der Waals surface area contributed by atoms with E-state index in [0.717, 1.165) is 35.6 Å². The van der Waals surface area contributed by atoms with Crippen molar-refractivity contribution >= 4 is 17.5 Å². The van der Waals surface area contributed by atoms with Crippen LogP contribution in [0.5, 0.6) is 0 Å². The van der Waals surface area contributed by atoms with Gasteiger partial charge in [0.2, 0.25) is 5.91 Å². The molecule has 1 aromatic carbocycles. The number of aromatic nitrogens is 2. The number of hydrogen-bond donors (Lipinski definition) is 1. The van der Waals surface area contributed by atoms with Crippen LogP contribution in [0.1, 0.15) is 34.8 Å². The smallest absolute Gasteiger partial charge is 0.289 e. The SMILES string of the molecule is Cc1nn(-c2ccccc2)c(C)c1NC(=O)[C@@H]1CCCN(C(=O)c2ccco2)C1. The molecule has 7 heteroatoms. The molecule has 1 atom stereocenters. The van der Waals surface area contributed by atoms with Crippen LogP contribution in [0.4, 0.5) is 5.69 Å². The first-order chi connectivity index (χ1) is 14.0. The number of aryl methyl sites for hydroxylation is 1. The van der Waals surface area contributed by atoms with Crippen LogP contribution in [0.3, 0.4) is 0 Å². The Morgan fingerprint density at radius 3 is 2.66 bits per heavy atom. The summed E-state index contributed by atoms with van der Waals surface area (Å²) in [5.74, 6) is -0.207. The van der Waals surface area contributed by atoms with Crippen LogP contribution in [0.2, 0.25) is 0 Å². The normalized spacial score (nSPS) is 16.6. The molecule has 0 radical (unpaired) electrons. The molecule has 1 fully saturated rings. The van der Waals surface area contributed by atoms with Crippen LogP contribution < -0.4 is 5.32 Å². The molecule has 7 nitrogen and oxygen atoms in total. The van der Waals surface area contributed by atoms with Crippen molar-refractivity contribution in [1.29, 1.82) is 0 Å². The number of anilines is 1. The van der Waals surface area contributed by atoms with E-state index in [4.69, 9.17) is 4.42 Å². The third-order valence-corrected chi connectivity index (χ3v) is 5.35. The van der Waals surface area contributed by atoms with Gasteiger partial charge < -0.3 is 14.6 Å². The summed E-state index contributed by atoms with van der Waals surface area (Å²) >= 11 is 0. The van der Waals surface area contributed by atoms with Crippen molar-refractivity contribution in [2.45, 2.75) is 26.7 Å². The number of furan rings is 1. The van der Waals surface area contributed by atoms with Crippen LogP contribution in [0.25, 0.3) is 5.69 Å². The second kappa shape index (κ2) is 7.95. The molecule has 29 heavy (non-hydrogen) atoms. The van der Waals surface area contributed by atoms with Gasteiger partial charge in [0.25, 0.3) is 5.91 Å². The highest BCUT2D eigenvalue weighted by molar-refractivity contribution is 5.95. The molecule has 0 aliphatic carbocycles. The summed E-state index contributed by atoms with van der Waals surface area (Å²) < 4.78 is 7.05. The Hall–Kier alpha value is -3.35. The number of nitrogens with one attached hydrogen (secondary N) is 1. The molecular formula is C22H24N4O3. The summed E-state index contributed by atoms with van der Waals surface area (Å²) in [5.41, 5.74) is 3.32. The fraction of sp³-hybridized carbons (Fsp3) is 0.318. The lowest BCUT2D eigenvalue weighted by Gasteiger charge is -2.31. The van der Waals surface area contributed by atoms with E-state index in [0.29, 0.717) is 18.8 Å². The van der Waals surface area contributed by atoms with E-state index >= 15 is 0 Å². The van der Waals surface area contributed by atoms with Gasteiger partial charge in [-0.15, -0.1) is 0 Å². The molecule has 2 amide bonds. The number of hydrogen-bond acceptors (Lipinski definition) is 4. The summed E-state index contributed by atoms with van der Waals surface area (Å²) in [6.45, 7) is 4.84. The predicted octanol–water partition coefficient (Wildman–Crippen LogP) is 3.57. The van der Waals surface area contributed by atoms with Crippen molar-refractivity contribution in [1.82, 2.24) is 14.7 Å². The van der Waals surface area contributed by atoms with Gasteiger partial charge in [0.1, 0.15) is 0 Å². The minimum atomic E-state index is -0.262. The van der Waals surface area contributed by atoms with Crippen LogP contribution in [-0.4, -0.2) is 39.6 Å². The van der Waals surface area contributed by atoms with Gasteiger partial charge in [-0.2, -0.15) is 5.10 Å². The fourth-order valence-electron chi connectivity index (χ4n) is 3.80. The molecule has 0 unspecified atom stereocenters. The van der Waals surface area contributed by atoms with Gasteiger partial charge in [0.15, 0.2) is 5.76 Å². The van der Waals surface area contributed by atoms with Crippen molar-refractivity contribution in [2.24, 2.45) is 5.92 Å². The van der Waals surface area contributed by atoms with Crippen LogP contribution in [0.15, 0.2) is 53.1 Å².